The first-order chi connectivity index (χ1) is 18.4. The maximum atomic E-state index is 13.3. The summed E-state index contributed by atoms with van der Waals surface area (Å²) in [6.07, 6.45) is 6.24. The molecule has 39 heavy (non-hydrogen) atoms. The smallest absolute Gasteiger partial charge is 0.277 e. The van der Waals surface area contributed by atoms with Crippen molar-refractivity contribution in [3.63, 3.8) is 0 Å². The van der Waals surface area contributed by atoms with Gasteiger partial charge in [0.05, 0.1) is 10.5 Å². The van der Waals surface area contributed by atoms with Crippen LogP contribution < -0.4 is 10.4 Å². The number of hydrogen-bond acceptors (Lipinski definition) is 8. The minimum absolute atomic E-state index is 0. The SMILES string of the molecule is C.O=C(NO)c1cnc(N2CCN(S(=O)(=O)c3ccc(-c4cccc(CCN5CCCC5)c4)cc3)CC2)nc1. The molecule has 0 atom stereocenters. The average molecular weight is 553 g/mol. The fraction of sp³-hybridized carbons (Fsp3) is 0.393. The molecule has 0 spiro atoms. The number of hydrogen-bond donors (Lipinski definition) is 2. The molecule has 2 aliphatic rings. The molecule has 0 bridgehead atoms. The molecular weight excluding hydrogens is 516 g/mol. The van der Waals surface area contributed by atoms with Gasteiger partial charge in [0.15, 0.2) is 0 Å². The molecular formula is C28H36N6O4S. The van der Waals surface area contributed by atoms with Gasteiger partial charge in [-0.3, -0.25) is 10.0 Å². The summed E-state index contributed by atoms with van der Waals surface area (Å²) in [5.41, 5.74) is 5.05. The Morgan fingerprint density at radius 1 is 0.897 bits per heavy atom. The molecule has 0 aliphatic carbocycles. The standard InChI is InChI=1S/C27H32N6O4S.CH4/c34-26(30-35)24-19-28-27(29-20-24)32-14-16-33(17-15-32)38(36,37)25-8-6-22(7-9-25)23-5-3-4-21(18-23)10-13-31-11-1-2-12-31;/h3-9,18-20,35H,1-2,10-17H2,(H,30,34);1H4. The van der Waals surface area contributed by atoms with Gasteiger partial charge in [0.25, 0.3) is 5.91 Å². The van der Waals surface area contributed by atoms with Gasteiger partial charge in [-0.05, 0) is 61.2 Å². The zero-order chi connectivity index (χ0) is 26.5. The summed E-state index contributed by atoms with van der Waals surface area (Å²) in [4.78, 5) is 24.4. The first-order valence-electron chi connectivity index (χ1n) is 12.9. The third-order valence-electron chi connectivity index (χ3n) is 7.19. The number of sulfonamides is 1. The van der Waals surface area contributed by atoms with Crippen LogP contribution in [-0.4, -0.2) is 84.5 Å². The lowest BCUT2D eigenvalue weighted by Gasteiger charge is -2.34. The molecule has 2 N–H and O–H groups in total. The van der Waals surface area contributed by atoms with E-state index in [1.165, 1.54) is 48.2 Å². The fourth-order valence-corrected chi connectivity index (χ4v) is 6.39. The molecule has 0 radical (unpaired) electrons. The van der Waals surface area contributed by atoms with E-state index in [1.807, 2.05) is 17.0 Å². The van der Waals surface area contributed by atoms with Crippen LogP contribution in [0.4, 0.5) is 5.95 Å². The Morgan fingerprint density at radius 3 is 2.21 bits per heavy atom. The quantitative estimate of drug-likeness (QED) is 0.323. The van der Waals surface area contributed by atoms with Gasteiger partial charge in [0.2, 0.25) is 16.0 Å². The highest BCUT2D eigenvalue weighted by Crippen LogP contribution is 2.25. The number of carbonyl (C=O) groups is 1. The van der Waals surface area contributed by atoms with Gasteiger partial charge in [0.1, 0.15) is 0 Å². The van der Waals surface area contributed by atoms with Crippen molar-refractivity contribution in [1.82, 2.24) is 24.7 Å². The van der Waals surface area contributed by atoms with E-state index in [9.17, 15) is 13.2 Å². The Morgan fingerprint density at radius 2 is 1.56 bits per heavy atom. The normalized spacial score (nSPS) is 16.6. The molecule has 11 heteroatoms. The van der Waals surface area contributed by atoms with E-state index in [1.54, 1.807) is 17.6 Å². The highest BCUT2D eigenvalue weighted by atomic mass is 32.2. The van der Waals surface area contributed by atoms with Gasteiger partial charge in [-0.2, -0.15) is 4.31 Å². The molecule has 3 aromatic rings. The van der Waals surface area contributed by atoms with E-state index in [0.717, 1.165) is 24.1 Å². The Kier molecular flexibility index (Phi) is 9.28. The zero-order valence-electron chi connectivity index (χ0n) is 21.2. The van der Waals surface area contributed by atoms with Crippen molar-refractivity contribution >= 4 is 21.9 Å². The van der Waals surface area contributed by atoms with E-state index in [2.05, 4.69) is 39.1 Å². The first kappa shape index (κ1) is 28.6. The van der Waals surface area contributed by atoms with Gasteiger partial charge >= 0.3 is 0 Å². The first-order valence-corrected chi connectivity index (χ1v) is 14.3. The van der Waals surface area contributed by atoms with Gasteiger partial charge in [-0.15, -0.1) is 0 Å². The number of anilines is 1. The van der Waals surface area contributed by atoms with Crippen LogP contribution in [0.5, 0.6) is 0 Å². The van der Waals surface area contributed by atoms with Crippen LogP contribution >= 0.6 is 0 Å². The topological polar surface area (TPSA) is 119 Å². The van der Waals surface area contributed by atoms with Crippen molar-refractivity contribution in [2.24, 2.45) is 0 Å². The number of nitrogens with zero attached hydrogens (tertiary/aromatic N) is 5. The number of piperazine rings is 1. The maximum Gasteiger partial charge on any atom is 0.277 e. The van der Waals surface area contributed by atoms with Crippen LogP contribution in [-0.2, 0) is 16.4 Å². The van der Waals surface area contributed by atoms with Gasteiger partial charge in [0, 0.05) is 45.1 Å². The molecule has 2 aromatic carbocycles. The highest BCUT2D eigenvalue weighted by molar-refractivity contribution is 7.89. The van der Waals surface area contributed by atoms with Crippen molar-refractivity contribution in [1.29, 1.82) is 0 Å². The van der Waals surface area contributed by atoms with Crippen LogP contribution in [0.1, 0.15) is 36.2 Å². The predicted octanol–water partition coefficient (Wildman–Crippen LogP) is 3.05. The van der Waals surface area contributed by atoms with Gasteiger partial charge < -0.3 is 9.80 Å². The minimum atomic E-state index is -3.63. The molecule has 2 aliphatic heterocycles. The third kappa shape index (κ3) is 6.62. The van der Waals surface area contributed by atoms with Crippen molar-refractivity contribution in [3.05, 3.63) is 72.1 Å². The van der Waals surface area contributed by atoms with Crippen LogP contribution in [0.3, 0.4) is 0 Å². The fourth-order valence-electron chi connectivity index (χ4n) is 4.96. The molecule has 208 valence electrons. The Hall–Kier alpha value is -3.38. The summed E-state index contributed by atoms with van der Waals surface area (Å²) in [7, 11) is -3.63. The highest BCUT2D eigenvalue weighted by Gasteiger charge is 2.29. The molecule has 3 heterocycles. The number of carbonyl (C=O) groups excluding carboxylic acids is 1. The molecule has 2 fully saturated rings. The summed E-state index contributed by atoms with van der Waals surface area (Å²) in [6, 6.07) is 15.6. The largest absolute Gasteiger partial charge is 0.338 e. The molecule has 2 saturated heterocycles. The lowest BCUT2D eigenvalue weighted by Crippen LogP contribution is -2.49. The van der Waals surface area contributed by atoms with Crippen LogP contribution in [0.2, 0.25) is 0 Å². The van der Waals surface area contributed by atoms with Crippen molar-refractivity contribution in [3.8, 4) is 11.1 Å². The van der Waals surface area contributed by atoms with E-state index < -0.39 is 15.9 Å². The lowest BCUT2D eigenvalue weighted by molar-refractivity contribution is 0.0705. The Balaban J connectivity index is 0.00000353. The number of amides is 1. The number of likely N-dealkylation sites (tertiary alicyclic amines) is 1. The summed E-state index contributed by atoms with van der Waals surface area (Å²) >= 11 is 0. The summed E-state index contributed by atoms with van der Waals surface area (Å²) in [5.74, 6) is -0.285. The molecule has 10 nitrogen and oxygen atoms in total. The number of benzene rings is 2. The second-order valence-corrected chi connectivity index (χ2v) is 11.6. The van der Waals surface area contributed by atoms with Crippen LogP contribution in [0, 0.1) is 0 Å². The number of aromatic nitrogens is 2. The molecule has 0 unspecified atom stereocenters. The molecule has 5 rings (SSSR count). The van der Waals surface area contributed by atoms with Crippen molar-refractivity contribution < 1.29 is 18.4 Å². The Bertz CT molecular complexity index is 1350. The van der Waals surface area contributed by atoms with Gasteiger partial charge in [-0.1, -0.05) is 43.8 Å². The second-order valence-electron chi connectivity index (χ2n) is 9.63. The monoisotopic (exact) mass is 552 g/mol. The maximum absolute atomic E-state index is 13.3. The zero-order valence-corrected chi connectivity index (χ0v) is 22.0. The predicted molar refractivity (Wildman–Crippen MR) is 150 cm³/mol. The summed E-state index contributed by atoms with van der Waals surface area (Å²) in [6.45, 7) is 4.90. The molecule has 0 saturated carbocycles. The minimum Gasteiger partial charge on any atom is -0.338 e. The number of hydroxylamine groups is 1. The molecule has 1 amide bonds. The van der Waals surface area contributed by atoms with Crippen molar-refractivity contribution in [2.45, 2.75) is 31.6 Å². The summed E-state index contributed by atoms with van der Waals surface area (Å²) in [5, 5.41) is 8.71. The third-order valence-corrected chi connectivity index (χ3v) is 9.10. The van der Waals surface area contributed by atoms with Crippen LogP contribution in [0.25, 0.3) is 11.1 Å². The average Bonchev–Trinajstić information content (AvgIpc) is 3.50. The summed E-state index contributed by atoms with van der Waals surface area (Å²) < 4.78 is 28.1. The van der Waals surface area contributed by atoms with E-state index >= 15 is 0 Å². The van der Waals surface area contributed by atoms with Crippen LogP contribution in [0.15, 0.2) is 65.8 Å². The number of nitrogens with one attached hydrogen (secondary N) is 1. The second kappa shape index (κ2) is 12.6. The number of rotatable bonds is 8. The lowest BCUT2D eigenvalue weighted by atomic mass is 10.0. The van der Waals surface area contributed by atoms with Crippen molar-refractivity contribution in [2.75, 3.05) is 50.7 Å². The van der Waals surface area contributed by atoms with E-state index in [0.29, 0.717) is 32.1 Å². The Labute approximate surface area is 230 Å². The van der Waals surface area contributed by atoms with E-state index in [-0.39, 0.29) is 17.9 Å². The van der Waals surface area contributed by atoms with Gasteiger partial charge in [-0.25, -0.2) is 23.9 Å². The van der Waals surface area contributed by atoms with E-state index in [4.69, 9.17) is 5.21 Å². The molecule has 1 aromatic heterocycles.